The minimum Gasteiger partial charge on any atom is -0.379 e. The fourth-order valence-electron chi connectivity index (χ4n) is 5.55. The van der Waals surface area contributed by atoms with Crippen LogP contribution in [0.5, 0.6) is 0 Å². The van der Waals surface area contributed by atoms with Crippen LogP contribution in [0.2, 0.25) is 0 Å². The molecule has 0 spiro atoms. The fourth-order valence-corrected chi connectivity index (χ4v) is 7.59. The van der Waals surface area contributed by atoms with Crippen molar-refractivity contribution in [3.05, 3.63) is 17.5 Å². The van der Waals surface area contributed by atoms with Crippen LogP contribution in [-0.2, 0) is 14.8 Å². The van der Waals surface area contributed by atoms with Crippen LogP contribution in [0.1, 0.15) is 60.7 Å². The summed E-state index contributed by atoms with van der Waals surface area (Å²) in [6.07, 6.45) is 5.22. The van der Waals surface area contributed by atoms with Crippen molar-refractivity contribution in [2.75, 3.05) is 58.7 Å². The summed E-state index contributed by atoms with van der Waals surface area (Å²) in [5.41, 5.74) is 0.324. The molecule has 4 aliphatic rings. The number of carbonyl (C=O) groups is 1. The maximum absolute atomic E-state index is 13.2. The highest BCUT2D eigenvalue weighted by Crippen LogP contribution is 2.40. The van der Waals surface area contributed by atoms with E-state index in [9.17, 15) is 13.2 Å². The molecular weight excluding hydrogens is 458 g/mol. The van der Waals surface area contributed by atoms with Crippen molar-refractivity contribution in [2.24, 2.45) is 0 Å². The van der Waals surface area contributed by atoms with Crippen molar-refractivity contribution < 1.29 is 22.5 Å². The number of aromatic nitrogens is 1. The number of ether oxygens (including phenoxy) is 1. The minimum absolute atomic E-state index is 0.0336. The summed E-state index contributed by atoms with van der Waals surface area (Å²) in [4.78, 5) is 17.1. The molecular formula is C23H37N5O5S. The zero-order valence-electron chi connectivity index (χ0n) is 20.0. The number of nitrogens with zero attached hydrogens (tertiary/aromatic N) is 4. The lowest BCUT2D eigenvalue weighted by Gasteiger charge is -2.38. The zero-order chi connectivity index (χ0) is 23.7. The first-order valence-electron chi connectivity index (χ1n) is 12.7. The number of fused-ring (bicyclic) bond motifs is 2. The summed E-state index contributed by atoms with van der Waals surface area (Å²) in [5.74, 6) is 1.12. The Labute approximate surface area is 202 Å². The Balaban J connectivity index is 1.10. The van der Waals surface area contributed by atoms with Gasteiger partial charge in [0.2, 0.25) is 10.0 Å². The van der Waals surface area contributed by atoms with Crippen LogP contribution >= 0.6 is 0 Å². The molecule has 1 aromatic heterocycles. The standard InChI is InChI=1S/C23H37N5O5S/c1-26(6-7-27-8-11-32-12-9-27)10-13-34(30,31)28-19-4-5-20(28)15-18(14-19)24-23(29)21-16-22(33-25-21)17-2-3-17/h16-20H,2-15H2,1H3,(H,24,29)/t18-,19+,20-. The predicted molar refractivity (Wildman–Crippen MR) is 126 cm³/mol. The van der Waals surface area contributed by atoms with E-state index in [4.69, 9.17) is 9.26 Å². The van der Waals surface area contributed by atoms with Crippen molar-refractivity contribution in [1.29, 1.82) is 0 Å². The van der Waals surface area contributed by atoms with Gasteiger partial charge in [-0.2, -0.15) is 4.31 Å². The van der Waals surface area contributed by atoms with E-state index in [0.29, 0.717) is 31.0 Å². The van der Waals surface area contributed by atoms with Crippen LogP contribution in [-0.4, -0.2) is 110 Å². The van der Waals surface area contributed by atoms with E-state index >= 15 is 0 Å². The highest BCUT2D eigenvalue weighted by Gasteiger charge is 2.47. The normalized spacial score (nSPS) is 28.5. The van der Waals surface area contributed by atoms with Gasteiger partial charge >= 0.3 is 0 Å². The summed E-state index contributed by atoms with van der Waals surface area (Å²) in [6, 6.07) is 1.64. The molecule has 11 heteroatoms. The summed E-state index contributed by atoms with van der Waals surface area (Å²) in [5, 5.41) is 7.00. The lowest BCUT2D eigenvalue weighted by atomic mass is 9.99. The maximum Gasteiger partial charge on any atom is 0.273 e. The molecule has 3 aliphatic heterocycles. The second-order valence-corrected chi connectivity index (χ2v) is 12.3. The molecule has 4 fully saturated rings. The van der Waals surface area contributed by atoms with Crippen molar-refractivity contribution in [2.45, 2.75) is 62.6 Å². The first kappa shape index (κ1) is 24.2. The second kappa shape index (κ2) is 10.2. The molecule has 1 aromatic rings. The average Bonchev–Trinajstić information content (AvgIpc) is 3.48. The van der Waals surface area contributed by atoms with Crippen molar-refractivity contribution in [3.8, 4) is 0 Å². The summed E-state index contributed by atoms with van der Waals surface area (Å²) >= 11 is 0. The van der Waals surface area contributed by atoms with E-state index in [1.54, 1.807) is 10.4 Å². The predicted octanol–water partition coefficient (Wildman–Crippen LogP) is 0.871. The molecule has 1 N–H and O–H groups in total. The van der Waals surface area contributed by atoms with E-state index in [2.05, 4.69) is 20.3 Å². The lowest BCUT2D eigenvalue weighted by Crippen LogP contribution is -2.53. The van der Waals surface area contributed by atoms with Gasteiger partial charge in [0.15, 0.2) is 5.69 Å². The molecule has 1 amide bonds. The fraction of sp³-hybridized carbons (Fsp3) is 0.826. The van der Waals surface area contributed by atoms with E-state index in [0.717, 1.165) is 70.8 Å². The van der Waals surface area contributed by atoms with Crippen molar-refractivity contribution in [3.63, 3.8) is 0 Å². The zero-order valence-corrected chi connectivity index (χ0v) is 20.8. The Hall–Kier alpha value is -1.53. The van der Waals surface area contributed by atoms with E-state index in [1.165, 1.54) is 0 Å². The number of sulfonamides is 1. The maximum atomic E-state index is 13.2. The van der Waals surface area contributed by atoms with Gasteiger partial charge in [-0.1, -0.05) is 5.16 Å². The van der Waals surface area contributed by atoms with E-state index in [1.807, 2.05) is 7.05 Å². The van der Waals surface area contributed by atoms with Gasteiger partial charge in [-0.3, -0.25) is 9.69 Å². The molecule has 34 heavy (non-hydrogen) atoms. The third-order valence-corrected chi connectivity index (χ3v) is 9.63. The van der Waals surface area contributed by atoms with E-state index < -0.39 is 10.0 Å². The SMILES string of the molecule is CN(CCN1CCOCC1)CCS(=O)(=O)N1[C@@H]2CC[C@H]1C[C@@H](NC(=O)c1cc(C3CC3)on1)C2. The topological polar surface area (TPSA) is 108 Å². The monoisotopic (exact) mass is 495 g/mol. The van der Waals surface area contributed by atoms with Crippen molar-refractivity contribution in [1.82, 2.24) is 24.6 Å². The largest absolute Gasteiger partial charge is 0.379 e. The molecule has 1 saturated carbocycles. The molecule has 1 aliphatic carbocycles. The third-order valence-electron chi connectivity index (χ3n) is 7.70. The third kappa shape index (κ3) is 5.64. The van der Waals surface area contributed by atoms with Gasteiger partial charge in [0, 0.05) is 62.8 Å². The molecule has 3 atom stereocenters. The number of likely N-dealkylation sites (N-methyl/N-ethyl adjacent to an activating group) is 1. The Morgan fingerprint density at radius 3 is 2.53 bits per heavy atom. The molecule has 5 rings (SSSR count). The highest BCUT2D eigenvalue weighted by molar-refractivity contribution is 7.89. The van der Waals surface area contributed by atoms with Crippen LogP contribution in [0, 0.1) is 0 Å². The number of hydrogen-bond acceptors (Lipinski definition) is 8. The van der Waals surface area contributed by atoms with Crippen molar-refractivity contribution >= 4 is 15.9 Å². The summed E-state index contributed by atoms with van der Waals surface area (Å²) in [7, 11) is -1.35. The molecule has 10 nitrogen and oxygen atoms in total. The first-order chi connectivity index (χ1) is 16.4. The van der Waals surface area contributed by atoms with Crippen LogP contribution < -0.4 is 5.32 Å². The number of carbonyl (C=O) groups excluding carboxylic acids is 1. The molecule has 4 heterocycles. The van der Waals surface area contributed by atoms with Gasteiger partial charge in [0.1, 0.15) is 5.76 Å². The van der Waals surface area contributed by atoms with Crippen LogP contribution in [0.25, 0.3) is 0 Å². The number of morpholine rings is 1. The quantitative estimate of drug-likeness (QED) is 0.510. The number of nitrogens with one attached hydrogen (secondary N) is 1. The number of amides is 1. The Morgan fingerprint density at radius 1 is 1.15 bits per heavy atom. The average molecular weight is 496 g/mol. The van der Waals surface area contributed by atoms with Crippen LogP contribution in [0.15, 0.2) is 10.6 Å². The van der Waals surface area contributed by atoms with Gasteiger partial charge in [-0.15, -0.1) is 0 Å². The molecule has 0 radical (unpaired) electrons. The molecule has 190 valence electrons. The van der Waals surface area contributed by atoms with Gasteiger partial charge in [-0.05, 0) is 45.6 Å². The smallest absolute Gasteiger partial charge is 0.273 e. The van der Waals surface area contributed by atoms with Gasteiger partial charge in [-0.25, -0.2) is 8.42 Å². The minimum atomic E-state index is -3.34. The highest BCUT2D eigenvalue weighted by atomic mass is 32.2. The number of hydrogen-bond donors (Lipinski definition) is 1. The van der Waals surface area contributed by atoms with E-state index in [-0.39, 0.29) is 29.8 Å². The Kier molecular flexibility index (Phi) is 7.27. The van der Waals surface area contributed by atoms with Crippen LogP contribution in [0.4, 0.5) is 0 Å². The summed E-state index contributed by atoms with van der Waals surface area (Å²) in [6.45, 7) is 5.75. The Bertz CT molecular complexity index is 945. The number of rotatable bonds is 10. The van der Waals surface area contributed by atoms with Gasteiger partial charge < -0.3 is 19.5 Å². The number of piperidine rings is 1. The Morgan fingerprint density at radius 2 is 1.85 bits per heavy atom. The molecule has 0 aromatic carbocycles. The first-order valence-corrected chi connectivity index (χ1v) is 14.3. The van der Waals surface area contributed by atoms with Gasteiger partial charge in [0.25, 0.3) is 5.91 Å². The second-order valence-electron chi connectivity index (χ2n) is 10.3. The molecule has 2 bridgehead atoms. The van der Waals surface area contributed by atoms with Gasteiger partial charge in [0.05, 0.1) is 19.0 Å². The van der Waals surface area contributed by atoms with Crippen LogP contribution in [0.3, 0.4) is 0 Å². The summed E-state index contributed by atoms with van der Waals surface area (Å²) < 4.78 is 38.9. The molecule has 3 saturated heterocycles. The lowest BCUT2D eigenvalue weighted by molar-refractivity contribution is 0.0347. The molecule has 0 unspecified atom stereocenters.